The number of pyridine rings is 2. The van der Waals surface area contributed by atoms with Gasteiger partial charge in [-0.05, 0) is 49.6 Å². The molecule has 7 nitrogen and oxygen atoms in total. The first kappa shape index (κ1) is 18.1. The summed E-state index contributed by atoms with van der Waals surface area (Å²) in [7, 11) is 0. The summed E-state index contributed by atoms with van der Waals surface area (Å²) in [6.07, 6.45) is 2.74. The van der Waals surface area contributed by atoms with Gasteiger partial charge < -0.3 is 14.5 Å². The minimum absolute atomic E-state index is 0.0264. The number of fused-ring (bicyclic) bond motifs is 3. The number of hydrogen-bond acceptors (Lipinski definition) is 5. The van der Waals surface area contributed by atoms with Crippen LogP contribution in [0.3, 0.4) is 0 Å². The van der Waals surface area contributed by atoms with Gasteiger partial charge in [-0.1, -0.05) is 0 Å². The van der Waals surface area contributed by atoms with Crippen LogP contribution in [0, 0.1) is 12.7 Å². The van der Waals surface area contributed by atoms with Crippen molar-refractivity contribution < 1.29 is 13.9 Å². The Labute approximate surface area is 176 Å². The van der Waals surface area contributed by atoms with Crippen molar-refractivity contribution in [1.29, 1.82) is 0 Å². The highest BCUT2D eigenvalue weighted by Crippen LogP contribution is 2.41. The van der Waals surface area contributed by atoms with E-state index in [4.69, 9.17) is 9.47 Å². The molecule has 2 aliphatic rings. The fourth-order valence-electron chi connectivity index (χ4n) is 4.73. The topological polar surface area (TPSA) is 81.5 Å². The minimum atomic E-state index is -0.210. The first-order valence-electron chi connectivity index (χ1n) is 10.2. The summed E-state index contributed by atoms with van der Waals surface area (Å²) in [6, 6.07) is 8.40. The highest BCUT2D eigenvalue weighted by atomic mass is 19.1. The summed E-state index contributed by atoms with van der Waals surface area (Å²) in [4.78, 5) is 14.5. The van der Waals surface area contributed by atoms with Gasteiger partial charge in [-0.2, -0.15) is 0 Å². The van der Waals surface area contributed by atoms with E-state index in [0.717, 1.165) is 33.8 Å². The number of aromatic amines is 1. The average Bonchev–Trinajstić information content (AvgIpc) is 3.40. The van der Waals surface area contributed by atoms with Crippen LogP contribution in [-0.4, -0.2) is 32.8 Å². The van der Waals surface area contributed by atoms with E-state index in [1.165, 1.54) is 12.1 Å². The molecule has 1 atom stereocenters. The third-order valence-corrected chi connectivity index (χ3v) is 6.21. The molecule has 0 aliphatic carbocycles. The molecule has 1 N–H and O–H groups in total. The number of nitrogens with one attached hydrogen (secondary N) is 1. The summed E-state index contributed by atoms with van der Waals surface area (Å²) < 4.78 is 28.7. The van der Waals surface area contributed by atoms with Gasteiger partial charge in [0.25, 0.3) is 0 Å². The van der Waals surface area contributed by atoms with Crippen molar-refractivity contribution in [3.63, 3.8) is 0 Å². The SMILES string of the molecule is Cc1[nH]c(=O)ccc1-c1cc2c(n3cnnc13)CCc1c(F)ccc3c1[C@H](CO3)CO2. The molecule has 0 fully saturated rings. The van der Waals surface area contributed by atoms with Gasteiger partial charge in [0, 0.05) is 28.5 Å². The maximum Gasteiger partial charge on any atom is 0.248 e. The summed E-state index contributed by atoms with van der Waals surface area (Å²) >= 11 is 0. The van der Waals surface area contributed by atoms with Gasteiger partial charge in [-0.3, -0.25) is 9.20 Å². The Morgan fingerprint density at radius 3 is 2.77 bits per heavy atom. The second-order valence-corrected chi connectivity index (χ2v) is 8.01. The maximum absolute atomic E-state index is 14.7. The largest absolute Gasteiger partial charge is 0.493 e. The van der Waals surface area contributed by atoms with Gasteiger partial charge in [0.1, 0.15) is 23.6 Å². The number of nitrogens with zero attached hydrogens (tertiary/aromatic N) is 3. The number of aromatic nitrogens is 4. The van der Waals surface area contributed by atoms with E-state index in [9.17, 15) is 9.18 Å². The van der Waals surface area contributed by atoms with Gasteiger partial charge in [0.05, 0.1) is 24.8 Å². The first-order chi connectivity index (χ1) is 15.1. The Morgan fingerprint density at radius 2 is 1.94 bits per heavy atom. The summed E-state index contributed by atoms with van der Waals surface area (Å²) in [5.74, 6) is 1.21. The van der Waals surface area contributed by atoms with Crippen molar-refractivity contribution in [2.45, 2.75) is 25.7 Å². The fraction of sp³-hybridized carbons (Fsp3) is 0.261. The molecule has 0 bridgehead atoms. The molecular formula is C23H19FN4O3. The predicted octanol–water partition coefficient (Wildman–Crippen LogP) is 3.19. The highest BCUT2D eigenvalue weighted by Gasteiger charge is 2.31. The number of H-pyrrole nitrogens is 1. The summed E-state index contributed by atoms with van der Waals surface area (Å²) in [6.45, 7) is 2.71. The van der Waals surface area contributed by atoms with Crippen molar-refractivity contribution in [3.05, 3.63) is 75.3 Å². The van der Waals surface area contributed by atoms with E-state index in [1.807, 2.05) is 17.4 Å². The third-order valence-electron chi connectivity index (χ3n) is 6.21. The zero-order valence-corrected chi connectivity index (χ0v) is 16.8. The van der Waals surface area contributed by atoms with E-state index in [2.05, 4.69) is 15.2 Å². The lowest BCUT2D eigenvalue weighted by atomic mass is 9.93. The maximum atomic E-state index is 14.7. The van der Waals surface area contributed by atoms with Gasteiger partial charge in [0.15, 0.2) is 5.65 Å². The lowest BCUT2D eigenvalue weighted by Gasteiger charge is -2.16. The van der Waals surface area contributed by atoms with Crippen molar-refractivity contribution in [2.24, 2.45) is 0 Å². The molecule has 5 heterocycles. The number of rotatable bonds is 1. The second kappa shape index (κ2) is 6.66. The van der Waals surface area contributed by atoms with E-state index >= 15 is 0 Å². The van der Waals surface area contributed by atoms with Crippen LogP contribution in [0.5, 0.6) is 11.5 Å². The molecule has 2 aliphatic heterocycles. The Kier molecular flexibility index (Phi) is 3.89. The number of benzene rings is 1. The molecule has 8 heteroatoms. The molecule has 156 valence electrons. The van der Waals surface area contributed by atoms with Gasteiger partial charge in [-0.15, -0.1) is 10.2 Å². The lowest BCUT2D eigenvalue weighted by molar-refractivity contribution is 0.246. The molecule has 31 heavy (non-hydrogen) atoms. The molecule has 0 radical (unpaired) electrons. The van der Waals surface area contributed by atoms with Crippen LogP contribution >= 0.6 is 0 Å². The number of aryl methyl sites for hydroxylation is 2. The second-order valence-electron chi connectivity index (χ2n) is 8.01. The zero-order valence-electron chi connectivity index (χ0n) is 16.8. The Bertz CT molecular complexity index is 1410. The molecule has 0 amide bonds. The van der Waals surface area contributed by atoms with Crippen LogP contribution in [0.25, 0.3) is 16.8 Å². The molecule has 1 aromatic carbocycles. The van der Waals surface area contributed by atoms with Crippen LogP contribution in [-0.2, 0) is 12.8 Å². The molecule has 3 aromatic heterocycles. The lowest BCUT2D eigenvalue weighted by Crippen LogP contribution is -2.13. The van der Waals surface area contributed by atoms with E-state index in [1.54, 1.807) is 18.5 Å². The molecule has 0 unspecified atom stereocenters. The van der Waals surface area contributed by atoms with Crippen molar-refractivity contribution >= 4 is 5.65 Å². The van der Waals surface area contributed by atoms with Crippen LogP contribution in [0.1, 0.15) is 28.4 Å². The van der Waals surface area contributed by atoms with E-state index in [0.29, 0.717) is 43.0 Å². The standard InChI is InChI=1S/C23H19FN4O3/c1-12-14(3-7-21(29)26-12)16-8-20-18(28-11-25-27-23(16)28)5-2-15-17(24)4-6-19-22(15)13(9-30-19)10-31-20/h3-4,6-8,11,13H,2,5,9-10H2,1H3,(H,26,29)/t13-/m1/s1. The van der Waals surface area contributed by atoms with Gasteiger partial charge >= 0.3 is 0 Å². The van der Waals surface area contributed by atoms with E-state index in [-0.39, 0.29) is 17.3 Å². The third kappa shape index (κ3) is 2.74. The van der Waals surface area contributed by atoms with Crippen molar-refractivity contribution in [3.8, 4) is 22.6 Å². The normalized spacial score (nSPS) is 17.2. The molecular weight excluding hydrogens is 399 g/mol. The molecule has 0 spiro atoms. The molecule has 6 rings (SSSR count). The first-order valence-corrected chi connectivity index (χ1v) is 10.2. The number of hydrogen-bond donors (Lipinski definition) is 1. The number of halogens is 1. The van der Waals surface area contributed by atoms with Crippen LogP contribution < -0.4 is 15.0 Å². The quantitative estimate of drug-likeness (QED) is 0.514. The Morgan fingerprint density at radius 1 is 1.10 bits per heavy atom. The zero-order chi connectivity index (χ0) is 21.1. The average molecular weight is 418 g/mol. The van der Waals surface area contributed by atoms with Crippen LogP contribution in [0.2, 0.25) is 0 Å². The molecule has 4 aromatic rings. The molecule has 0 saturated carbocycles. The minimum Gasteiger partial charge on any atom is -0.493 e. The Balaban J connectivity index is 1.53. The van der Waals surface area contributed by atoms with Crippen molar-refractivity contribution in [2.75, 3.05) is 13.2 Å². The highest BCUT2D eigenvalue weighted by molar-refractivity contribution is 5.80. The van der Waals surface area contributed by atoms with Gasteiger partial charge in [-0.25, -0.2) is 4.39 Å². The van der Waals surface area contributed by atoms with E-state index < -0.39 is 0 Å². The summed E-state index contributed by atoms with van der Waals surface area (Å²) in [5.41, 5.74) is 5.42. The monoisotopic (exact) mass is 418 g/mol. The smallest absolute Gasteiger partial charge is 0.248 e. The van der Waals surface area contributed by atoms with Crippen LogP contribution in [0.15, 0.2) is 41.5 Å². The van der Waals surface area contributed by atoms with Gasteiger partial charge in [0.2, 0.25) is 5.56 Å². The summed E-state index contributed by atoms with van der Waals surface area (Å²) in [5, 5.41) is 8.43. The number of ether oxygens (including phenoxy) is 2. The predicted molar refractivity (Wildman–Crippen MR) is 111 cm³/mol. The van der Waals surface area contributed by atoms with Crippen LogP contribution in [0.4, 0.5) is 4.39 Å². The fourth-order valence-corrected chi connectivity index (χ4v) is 4.73. The molecule has 0 saturated heterocycles. The van der Waals surface area contributed by atoms with Crippen molar-refractivity contribution in [1.82, 2.24) is 19.6 Å². The Hall–Kier alpha value is -3.68.